The lowest BCUT2D eigenvalue weighted by Crippen LogP contribution is -2.44. The molecule has 17 heavy (non-hydrogen) atoms. The second-order valence-electron chi connectivity index (χ2n) is 5.26. The number of hydrogen-bond donors (Lipinski definition) is 3. The van der Waals surface area contributed by atoms with Crippen LogP contribution in [0.5, 0.6) is 0 Å². The molecule has 1 saturated carbocycles. The van der Waals surface area contributed by atoms with Crippen LogP contribution in [0.1, 0.15) is 51.9 Å². The number of amides is 1. The Kier molecular flexibility index (Phi) is 6.52. The molecule has 4 N–H and O–H groups in total. The Hall–Kier alpha value is -0.610. The number of rotatable bonds is 7. The van der Waals surface area contributed by atoms with Gasteiger partial charge in [-0.1, -0.05) is 19.3 Å². The van der Waals surface area contributed by atoms with Crippen molar-refractivity contribution in [2.75, 3.05) is 6.61 Å². The van der Waals surface area contributed by atoms with Gasteiger partial charge in [0.2, 0.25) is 5.91 Å². The summed E-state index contributed by atoms with van der Waals surface area (Å²) in [5.41, 5.74) is 5.19. The molecule has 1 amide bonds. The smallest absolute Gasteiger partial charge is 0.218 e. The number of aliphatic hydroxyl groups is 1. The molecule has 1 aliphatic rings. The van der Waals surface area contributed by atoms with Gasteiger partial charge in [-0.05, 0) is 32.1 Å². The van der Waals surface area contributed by atoms with Crippen molar-refractivity contribution < 1.29 is 9.90 Å². The lowest BCUT2D eigenvalue weighted by molar-refractivity contribution is -0.118. The van der Waals surface area contributed by atoms with Gasteiger partial charge >= 0.3 is 0 Å². The Morgan fingerprint density at radius 3 is 2.59 bits per heavy atom. The Morgan fingerprint density at radius 2 is 2.06 bits per heavy atom. The molecule has 4 nitrogen and oxygen atoms in total. The molecule has 0 aromatic carbocycles. The second-order valence-corrected chi connectivity index (χ2v) is 5.26. The first kappa shape index (κ1) is 14.5. The Balaban J connectivity index is 2.43. The van der Waals surface area contributed by atoms with E-state index in [0.29, 0.717) is 18.4 Å². The van der Waals surface area contributed by atoms with Gasteiger partial charge in [0, 0.05) is 25.1 Å². The van der Waals surface area contributed by atoms with Gasteiger partial charge in [-0.3, -0.25) is 4.79 Å². The predicted molar refractivity (Wildman–Crippen MR) is 68.5 cm³/mol. The molecule has 0 aromatic heterocycles. The van der Waals surface area contributed by atoms with Crippen molar-refractivity contribution in [2.45, 2.75) is 64.0 Å². The first-order valence-electron chi connectivity index (χ1n) is 6.78. The van der Waals surface area contributed by atoms with E-state index in [-0.39, 0.29) is 18.6 Å². The summed E-state index contributed by atoms with van der Waals surface area (Å²) in [5, 5.41) is 12.6. The lowest BCUT2D eigenvalue weighted by atomic mass is 9.82. The fourth-order valence-electron chi connectivity index (χ4n) is 2.86. The second kappa shape index (κ2) is 7.67. The van der Waals surface area contributed by atoms with E-state index in [1.807, 2.05) is 6.92 Å². The third-order valence-electron chi connectivity index (χ3n) is 3.66. The summed E-state index contributed by atoms with van der Waals surface area (Å²) in [6, 6.07) is 0.431. The largest absolute Gasteiger partial charge is 0.396 e. The minimum Gasteiger partial charge on any atom is -0.396 e. The molecule has 100 valence electrons. The van der Waals surface area contributed by atoms with Crippen LogP contribution in [0.15, 0.2) is 0 Å². The van der Waals surface area contributed by atoms with Gasteiger partial charge in [0.15, 0.2) is 0 Å². The van der Waals surface area contributed by atoms with Gasteiger partial charge < -0.3 is 16.2 Å². The SMILES string of the molecule is CC(CC(N)=O)NC(CCO)C1CCCCC1. The Labute approximate surface area is 104 Å². The van der Waals surface area contributed by atoms with Crippen LogP contribution in [0.4, 0.5) is 0 Å². The monoisotopic (exact) mass is 242 g/mol. The van der Waals surface area contributed by atoms with E-state index in [1.54, 1.807) is 0 Å². The highest BCUT2D eigenvalue weighted by molar-refractivity contribution is 5.74. The summed E-state index contributed by atoms with van der Waals surface area (Å²) >= 11 is 0. The lowest BCUT2D eigenvalue weighted by Gasteiger charge is -2.32. The van der Waals surface area contributed by atoms with Crippen molar-refractivity contribution >= 4 is 5.91 Å². The van der Waals surface area contributed by atoms with Gasteiger partial charge in [0.05, 0.1) is 0 Å². The zero-order chi connectivity index (χ0) is 12.7. The van der Waals surface area contributed by atoms with Gasteiger partial charge in [-0.15, -0.1) is 0 Å². The van der Waals surface area contributed by atoms with Crippen LogP contribution in [0.2, 0.25) is 0 Å². The van der Waals surface area contributed by atoms with E-state index in [2.05, 4.69) is 5.32 Å². The number of aliphatic hydroxyl groups excluding tert-OH is 1. The maximum atomic E-state index is 10.9. The minimum atomic E-state index is -0.267. The molecule has 1 aliphatic carbocycles. The average molecular weight is 242 g/mol. The zero-order valence-electron chi connectivity index (χ0n) is 10.8. The topological polar surface area (TPSA) is 75.4 Å². The van der Waals surface area contributed by atoms with Crippen LogP contribution in [-0.4, -0.2) is 29.7 Å². The van der Waals surface area contributed by atoms with E-state index in [0.717, 1.165) is 6.42 Å². The standard InChI is InChI=1S/C13H26N2O2/c1-10(9-13(14)17)15-12(7-8-16)11-5-3-2-4-6-11/h10-12,15-16H,2-9H2,1H3,(H2,14,17). The first-order valence-corrected chi connectivity index (χ1v) is 6.78. The number of primary amides is 1. The zero-order valence-corrected chi connectivity index (χ0v) is 10.8. The fraction of sp³-hybridized carbons (Fsp3) is 0.923. The van der Waals surface area contributed by atoms with Gasteiger partial charge in [0.25, 0.3) is 0 Å². The quantitative estimate of drug-likeness (QED) is 0.627. The van der Waals surface area contributed by atoms with Gasteiger partial charge in [0.1, 0.15) is 0 Å². The van der Waals surface area contributed by atoms with Gasteiger partial charge in [-0.25, -0.2) is 0 Å². The molecule has 1 fully saturated rings. The number of carbonyl (C=O) groups excluding carboxylic acids is 1. The molecule has 2 atom stereocenters. The third kappa shape index (κ3) is 5.50. The number of hydrogen-bond acceptors (Lipinski definition) is 3. The highest BCUT2D eigenvalue weighted by Gasteiger charge is 2.24. The van der Waals surface area contributed by atoms with Crippen LogP contribution in [-0.2, 0) is 4.79 Å². The minimum absolute atomic E-state index is 0.103. The average Bonchev–Trinajstić information content (AvgIpc) is 2.28. The Bertz CT molecular complexity index is 227. The van der Waals surface area contributed by atoms with E-state index in [9.17, 15) is 4.79 Å². The van der Waals surface area contributed by atoms with E-state index < -0.39 is 0 Å². The summed E-state index contributed by atoms with van der Waals surface area (Å²) in [6.45, 7) is 2.19. The number of carbonyl (C=O) groups is 1. The molecule has 2 unspecified atom stereocenters. The molecular formula is C13H26N2O2. The van der Waals surface area contributed by atoms with Crippen molar-refractivity contribution in [1.82, 2.24) is 5.32 Å². The maximum Gasteiger partial charge on any atom is 0.218 e. The first-order chi connectivity index (χ1) is 8.13. The van der Waals surface area contributed by atoms with E-state index in [1.165, 1.54) is 32.1 Å². The molecule has 4 heteroatoms. The van der Waals surface area contributed by atoms with Crippen LogP contribution in [0.25, 0.3) is 0 Å². The van der Waals surface area contributed by atoms with Crippen molar-refractivity contribution in [3.05, 3.63) is 0 Å². The van der Waals surface area contributed by atoms with Gasteiger partial charge in [-0.2, -0.15) is 0 Å². The Morgan fingerprint density at radius 1 is 1.41 bits per heavy atom. The van der Waals surface area contributed by atoms with Crippen LogP contribution in [0.3, 0.4) is 0 Å². The summed E-state index contributed by atoms with van der Waals surface area (Å²) in [7, 11) is 0. The molecule has 0 radical (unpaired) electrons. The molecule has 0 saturated heterocycles. The number of nitrogens with two attached hydrogens (primary N) is 1. The number of nitrogens with one attached hydrogen (secondary N) is 1. The maximum absolute atomic E-state index is 10.9. The normalized spacial score (nSPS) is 21.1. The third-order valence-corrected chi connectivity index (χ3v) is 3.66. The van der Waals surface area contributed by atoms with Crippen molar-refractivity contribution in [1.29, 1.82) is 0 Å². The van der Waals surface area contributed by atoms with Crippen molar-refractivity contribution in [3.63, 3.8) is 0 Å². The summed E-state index contributed by atoms with van der Waals surface area (Å²) in [6.07, 6.45) is 7.53. The molecular weight excluding hydrogens is 216 g/mol. The molecule has 0 spiro atoms. The molecule has 0 bridgehead atoms. The van der Waals surface area contributed by atoms with E-state index in [4.69, 9.17) is 10.8 Å². The highest BCUT2D eigenvalue weighted by atomic mass is 16.3. The van der Waals surface area contributed by atoms with Crippen LogP contribution >= 0.6 is 0 Å². The van der Waals surface area contributed by atoms with Crippen molar-refractivity contribution in [3.8, 4) is 0 Å². The summed E-state index contributed by atoms with van der Waals surface area (Å²) < 4.78 is 0. The van der Waals surface area contributed by atoms with E-state index >= 15 is 0 Å². The van der Waals surface area contributed by atoms with Crippen molar-refractivity contribution in [2.24, 2.45) is 11.7 Å². The predicted octanol–water partition coefficient (Wildman–Crippen LogP) is 1.17. The molecule has 0 aromatic rings. The van der Waals surface area contributed by atoms with Crippen LogP contribution < -0.4 is 11.1 Å². The summed E-state index contributed by atoms with van der Waals surface area (Å²) in [5.74, 6) is 0.377. The molecule has 0 aliphatic heterocycles. The molecule has 0 heterocycles. The fourth-order valence-corrected chi connectivity index (χ4v) is 2.86. The van der Waals surface area contributed by atoms with Crippen LogP contribution in [0, 0.1) is 5.92 Å². The summed E-state index contributed by atoms with van der Waals surface area (Å²) in [4.78, 5) is 10.9. The highest BCUT2D eigenvalue weighted by Crippen LogP contribution is 2.28. The molecule has 1 rings (SSSR count).